The summed E-state index contributed by atoms with van der Waals surface area (Å²) < 4.78 is 29.1. The van der Waals surface area contributed by atoms with E-state index in [9.17, 15) is 13.2 Å². The Balaban J connectivity index is 1.70. The molecule has 3 heterocycles. The molecule has 28 heavy (non-hydrogen) atoms. The summed E-state index contributed by atoms with van der Waals surface area (Å²) in [6.45, 7) is 1.46. The lowest BCUT2D eigenvalue weighted by atomic mass is 10.1. The van der Waals surface area contributed by atoms with Gasteiger partial charge in [-0.2, -0.15) is 0 Å². The van der Waals surface area contributed by atoms with Crippen molar-refractivity contribution in [2.75, 3.05) is 4.72 Å². The number of Topliss-reactive ketones (excluding diaryl/α,β-unsaturated/α-hetero) is 1. The van der Waals surface area contributed by atoms with Crippen molar-refractivity contribution in [2.45, 2.75) is 11.8 Å². The highest BCUT2D eigenvalue weighted by atomic mass is 32.2. The van der Waals surface area contributed by atoms with Crippen molar-refractivity contribution in [1.29, 1.82) is 0 Å². The molecule has 0 saturated carbocycles. The van der Waals surface area contributed by atoms with Crippen molar-refractivity contribution >= 4 is 27.3 Å². The Bertz CT molecular complexity index is 1280. The average molecular weight is 393 g/mol. The maximum absolute atomic E-state index is 12.5. The number of rotatable bonds is 5. The van der Waals surface area contributed by atoms with Gasteiger partial charge < -0.3 is 0 Å². The third-order valence-electron chi connectivity index (χ3n) is 4.10. The van der Waals surface area contributed by atoms with Crippen LogP contribution in [-0.2, 0) is 10.0 Å². The largest absolute Gasteiger partial charge is 0.293 e. The molecule has 0 radical (unpaired) electrons. The number of nitrogens with zero attached hydrogens (tertiary/aromatic N) is 4. The van der Waals surface area contributed by atoms with Gasteiger partial charge in [-0.1, -0.05) is 18.2 Å². The summed E-state index contributed by atoms with van der Waals surface area (Å²) in [6.07, 6.45) is 7.80. The van der Waals surface area contributed by atoms with E-state index in [0.717, 1.165) is 0 Å². The summed E-state index contributed by atoms with van der Waals surface area (Å²) in [5, 5.41) is 0. The summed E-state index contributed by atoms with van der Waals surface area (Å²) in [7, 11) is -3.72. The number of carbonyl (C=O) groups excluding carboxylic acids is 1. The molecule has 1 aromatic carbocycles. The molecule has 0 fully saturated rings. The number of anilines is 1. The van der Waals surface area contributed by atoms with Crippen LogP contribution in [0.15, 0.2) is 72.3 Å². The van der Waals surface area contributed by atoms with Crippen LogP contribution >= 0.6 is 0 Å². The van der Waals surface area contributed by atoms with Crippen LogP contribution < -0.4 is 4.72 Å². The van der Waals surface area contributed by atoms with Gasteiger partial charge in [0.05, 0.1) is 23.0 Å². The minimum atomic E-state index is -3.72. The first-order valence-electron chi connectivity index (χ1n) is 8.31. The molecule has 4 aromatic rings. The number of benzene rings is 1. The number of imidazole rings is 1. The molecule has 0 unspecified atom stereocenters. The van der Waals surface area contributed by atoms with Crippen LogP contribution in [0.2, 0.25) is 0 Å². The Morgan fingerprint density at radius 2 is 1.75 bits per heavy atom. The summed E-state index contributed by atoms with van der Waals surface area (Å²) in [6, 6.07) is 9.74. The number of fused-ring (bicyclic) bond motifs is 1. The van der Waals surface area contributed by atoms with Crippen LogP contribution in [0.3, 0.4) is 0 Å². The fourth-order valence-electron chi connectivity index (χ4n) is 2.75. The number of aromatic nitrogens is 4. The topological polar surface area (TPSA) is 106 Å². The van der Waals surface area contributed by atoms with Crippen molar-refractivity contribution in [3.05, 3.63) is 73.1 Å². The molecule has 4 rings (SSSR count). The standard InChI is InChI=1S/C19H15N5O3S/c1-13(25)18-11-22-19-21-9-15(12-24(18)19)14-7-16(10-20-8-14)23-28(26,27)17-5-3-2-4-6-17/h2-12,23H,1H3. The Labute approximate surface area is 161 Å². The van der Waals surface area contributed by atoms with E-state index < -0.39 is 10.0 Å². The Kier molecular flexibility index (Phi) is 4.36. The quantitative estimate of drug-likeness (QED) is 0.523. The van der Waals surface area contributed by atoms with Gasteiger partial charge in [-0.3, -0.25) is 18.9 Å². The third-order valence-corrected chi connectivity index (χ3v) is 5.50. The van der Waals surface area contributed by atoms with E-state index in [4.69, 9.17) is 0 Å². The van der Waals surface area contributed by atoms with Crippen LogP contribution in [-0.4, -0.2) is 33.6 Å². The molecule has 1 N–H and O–H groups in total. The van der Waals surface area contributed by atoms with E-state index in [1.54, 1.807) is 47.3 Å². The lowest BCUT2D eigenvalue weighted by molar-refractivity contribution is 0.101. The number of hydrogen-bond acceptors (Lipinski definition) is 6. The van der Waals surface area contributed by atoms with Gasteiger partial charge in [0.25, 0.3) is 10.0 Å². The number of carbonyl (C=O) groups is 1. The van der Waals surface area contributed by atoms with Gasteiger partial charge >= 0.3 is 0 Å². The molecular weight excluding hydrogens is 378 g/mol. The second-order valence-electron chi connectivity index (χ2n) is 6.09. The number of sulfonamides is 1. The van der Waals surface area contributed by atoms with Crippen molar-refractivity contribution in [1.82, 2.24) is 19.4 Å². The van der Waals surface area contributed by atoms with Crippen molar-refractivity contribution in [2.24, 2.45) is 0 Å². The molecular formula is C19H15N5O3S. The van der Waals surface area contributed by atoms with Gasteiger partial charge in [0, 0.05) is 36.6 Å². The zero-order valence-corrected chi connectivity index (χ0v) is 15.6. The van der Waals surface area contributed by atoms with E-state index in [0.29, 0.717) is 28.3 Å². The monoisotopic (exact) mass is 393 g/mol. The van der Waals surface area contributed by atoms with Gasteiger partial charge in [0.15, 0.2) is 5.78 Å². The molecule has 9 heteroatoms. The number of hydrogen-bond donors (Lipinski definition) is 1. The van der Waals surface area contributed by atoms with Crippen molar-refractivity contribution < 1.29 is 13.2 Å². The van der Waals surface area contributed by atoms with E-state index in [2.05, 4.69) is 19.7 Å². The van der Waals surface area contributed by atoms with E-state index >= 15 is 0 Å². The Morgan fingerprint density at radius 1 is 1.00 bits per heavy atom. The van der Waals surface area contributed by atoms with Gasteiger partial charge in [0.1, 0.15) is 5.69 Å². The van der Waals surface area contributed by atoms with Gasteiger partial charge in [-0.25, -0.2) is 18.4 Å². The molecule has 3 aromatic heterocycles. The molecule has 0 aliphatic rings. The summed E-state index contributed by atoms with van der Waals surface area (Å²) in [4.78, 5) is 24.4. The molecule has 0 bridgehead atoms. The van der Waals surface area contributed by atoms with Gasteiger partial charge in [0.2, 0.25) is 5.78 Å². The number of nitrogens with one attached hydrogen (secondary N) is 1. The highest BCUT2D eigenvalue weighted by Crippen LogP contribution is 2.23. The highest BCUT2D eigenvalue weighted by molar-refractivity contribution is 7.92. The minimum absolute atomic E-state index is 0.131. The minimum Gasteiger partial charge on any atom is -0.293 e. The lowest BCUT2D eigenvalue weighted by Gasteiger charge is -2.09. The molecule has 0 atom stereocenters. The molecule has 0 spiro atoms. The first kappa shape index (κ1) is 17.8. The summed E-state index contributed by atoms with van der Waals surface area (Å²) >= 11 is 0. The lowest BCUT2D eigenvalue weighted by Crippen LogP contribution is -2.13. The van der Waals surface area contributed by atoms with Gasteiger partial charge in [-0.05, 0) is 18.2 Å². The first-order valence-corrected chi connectivity index (χ1v) is 9.80. The number of ketones is 1. The Hall–Kier alpha value is -3.59. The smallest absolute Gasteiger partial charge is 0.261 e. The first-order chi connectivity index (χ1) is 13.4. The zero-order chi connectivity index (χ0) is 19.7. The summed E-state index contributed by atoms with van der Waals surface area (Å²) in [5.41, 5.74) is 2.05. The zero-order valence-electron chi connectivity index (χ0n) is 14.8. The maximum Gasteiger partial charge on any atom is 0.261 e. The molecule has 0 aliphatic carbocycles. The summed E-state index contributed by atoms with van der Waals surface area (Å²) in [5.74, 6) is 0.275. The average Bonchev–Trinajstić information content (AvgIpc) is 3.12. The van der Waals surface area contributed by atoms with E-state index in [1.165, 1.54) is 31.5 Å². The molecule has 8 nitrogen and oxygen atoms in total. The SMILES string of the molecule is CC(=O)c1cnc2ncc(-c3cncc(NS(=O)(=O)c4ccccc4)c3)cn12. The van der Waals surface area contributed by atoms with Crippen LogP contribution in [0.5, 0.6) is 0 Å². The Morgan fingerprint density at radius 3 is 2.50 bits per heavy atom. The molecule has 0 aliphatic heterocycles. The second kappa shape index (κ2) is 6.86. The molecule has 140 valence electrons. The third kappa shape index (κ3) is 3.35. The van der Waals surface area contributed by atoms with Crippen molar-refractivity contribution in [3.8, 4) is 11.1 Å². The number of pyridine rings is 1. The van der Waals surface area contributed by atoms with Crippen LogP contribution in [0.1, 0.15) is 17.4 Å². The predicted octanol–water partition coefficient (Wildman–Crippen LogP) is 2.79. The van der Waals surface area contributed by atoms with Gasteiger partial charge in [-0.15, -0.1) is 0 Å². The highest BCUT2D eigenvalue weighted by Gasteiger charge is 2.15. The van der Waals surface area contributed by atoms with Crippen LogP contribution in [0.25, 0.3) is 16.9 Å². The normalized spacial score (nSPS) is 11.5. The maximum atomic E-state index is 12.5. The van der Waals surface area contributed by atoms with Crippen LogP contribution in [0, 0.1) is 0 Å². The molecule has 0 saturated heterocycles. The fraction of sp³-hybridized carbons (Fsp3) is 0.0526. The van der Waals surface area contributed by atoms with Crippen LogP contribution in [0.4, 0.5) is 5.69 Å². The fourth-order valence-corrected chi connectivity index (χ4v) is 3.81. The van der Waals surface area contributed by atoms with E-state index in [-0.39, 0.29) is 10.7 Å². The van der Waals surface area contributed by atoms with E-state index in [1.807, 2.05) is 0 Å². The second-order valence-corrected chi connectivity index (χ2v) is 7.78. The molecule has 0 amide bonds. The predicted molar refractivity (Wildman–Crippen MR) is 103 cm³/mol. The van der Waals surface area contributed by atoms with Crippen molar-refractivity contribution in [3.63, 3.8) is 0 Å².